The Kier molecular flexibility index (Phi) is 6.27. The van der Waals surface area contributed by atoms with E-state index in [0.29, 0.717) is 18.1 Å². The Hall–Kier alpha value is -3.71. The summed E-state index contributed by atoms with van der Waals surface area (Å²) in [6.07, 6.45) is 8.41. The van der Waals surface area contributed by atoms with Gasteiger partial charge in [-0.2, -0.15) is 5.10 Å². The van der Waals surface area contributed by atoms with Crippen molar-refractivity contribution in [2.45, 2.75) is 44.4 Å². The molecule has 0 unspecified atom stereocenters. The lowest BCUT2D eigenvalue weighted by molar-refractivity contribution is 0.0732. The molecule has 5 rings (SSSR count). The van der Waals surface area contributed by atoms with Crippen molar-refractivity contribution in [2.75, 3.05) is 0 Å². The first-order chi connectivity index (χ1) is 16.6. The van der Waals surface area contributed by atoms with Crippen molar-refractivity contribution in [3.8, 4) is 28.1 Å². The minimum atomic E-state index is -0.501. The quantitative estimate of drug-likeness (QED) is 0.466. The molecule has 0 saturated heterocycles. The Bertz CT molecular complexity index is 1330. The van der Waals surface area contributed by atoms with E-state index in [4.69, 9.17) is 4.74 Å². The van der Waals surface area contributed by atoms with Gasteiger partial charge in [0.25, 0.3) is 5.56 Å². The summed E-state index contributed by atoms with van der Waals surface area (Å²) in [4.78, 5) is 17.4. The van der Waals surface area contributed by atoms with Crippen LogP contribution >= 0.6 is 0 Å². The van der Waals surface area contributed by atoms with Gasteiger partial charge >= 0.3 is 0 Å². The van der Waals surface area contributed by atoms with Crippen LogP contribution in [0.4, 0.5) is 0 Å². The first kappa shape index (κ1) is 22.1. The summed E-state index contributed by atoms with van der Waals surface area (Å²) >= 11 is 0. The lowest BCUT2D eigenvalue weighted by atomic mass is 9.92. The van der Waals surface area contributed by atoms with E-state index in [1.807, 2.05) is 55.8 Å². The van der Waals surface area contributed by atoms with Gasteiger partial charge in [0, 0.05) is 30.4 Å². The van der Waals surface area contributed by atoms with Crippen molar-refractivity contribution >= 4 is 0 Å². The molecule has 7 heteroatoms. The molecule has 1 aliphatic carbocycles. The summed E-state index contributed by atoms with van der Waals surface area (Å²) in [7, 11) is 1.90. The Labute approximate surface area is 198 Å². The fourth-order valence-electron chi connectivity index (χ4n) is 4.55. The molecule has 1 N–H and O–H groups in total. The van der Waals surface area contributed by atoms with E-state index in [1.54, 1.807) is 15.6 Å². The van der Waals surface area contributed by atoms with Crippen LogP contribution < -0.4 is 10.3 Å². The number of aromatic nitrogens is 4. The van der Waals surface area contributed by atoms with Gasteiger partial charge < -0.3 is 9.84 Å². The number of aliphatic hydroxyl groups is 1. The zero-order valence-corrected chi connectivity index (χ0v) is 19.2. The number of rotatable bonds is 6. The number of aryl methyl sites for hydroxylation is 1. The Morgan fingerprint density at radius 2 is 1.85 bits per heavy atom. The Balaban J connectivity index is 1.33. The highest BCUT2D eigenvalue weighted by atomic mass is 16.5. The van der Waals surface area contributed by atoms with Crippen molar-refractivity contribution in [1.29, 1.82) is 0 Å². The zero-order valence-electron chi connectivity index (χ0n) is 19.2. The summed E-state index contributed by atoms with van der Waals surface area (Å²) < 4.78 is 9.48. The highest BCUT2D eigenvalue weighted by Crippen LogP contribution is 2.30. The smallest absolute Gasteiger partial charge is 0.254 e. The lowest BCUT2D eigenvalue weighted by Crippen LogP contribution is -2.34. The largest absolute Gasteiger partial charge is 0.488 e. The number of benzene rings is 2. The Morgan fingerprint density at radius 3 is 2.59 bits per heavy atom. The van der Waals surface area contributed by atoms with Gasteiger partial charge in [-0.05, 0) is 36.1 Å². The normalized spacial score (nSPS) is 18.1. The van der Waals surface area contributed by atoms with Gasteiger partial charge in [0.15, 0.2) is 0 Å². The van der Waals surface area contributed by atoms with Crippen LogP contribution in [0.25, 0.3) is 22.4 Å². The first-order valence-electron chi connectivity index (χ1n) is 11.6. The van der Waals surface area contributed by atoms with Gasteiger partial charge in [0.1, 0.15) is 12.4 Å². The highest BCUT2D eigenvalue weighted by molar-refractivity contribution is 5.66. The molecule has 1 saturated carbocycles. The summed E-state index contributed by atoms with van der Waals surface area (Å²) in [6, 6.07) is 17.1. The van der Waals surface area contributed by atoms with Crippen LogP contribution in [0.5, 0.6) is 5.75 Å². The molecule has 4 aromatic rings. The van der Waals surface area contributed by atoms with Crippen molar-refractivity contribution in [3.63, 3.8) is 0 Å². The molecule has 2 aromatic heterocycles. The second-order valence-corrected chi connectivity index (χ2v) is 8.82. The summed E-state index contributed by atoms with van der Waals surface area (Å²) in [5.41, 5.74) is 4.39. The number of aliphatic hydroxyl groups excluding tert-OH is 1. The maximum absolute atomic E-state index is 12.9. The number of para-hydroxylation sites is 1. The number of hydrogen-bond acceptors (Lipinski definition) is 5. The van der Waals surface area contributed by atoms with Gasteiger partial charge in [0.2, 0.25) is 0 Å². The molecule has 2 atom stereocenters. The average Bonchev–Trinajstić information content (AvgIpc) is 3.30. The molecule has 0 bridgehead atoms. The molecular weight excluding hydrogens is 428 g/mol. The number of hydrogen-bond donors (Lipinski definition) is 1. The van der Waals surface area contributed by atoms with Gasteiger partial charge in [-0.25, -0.2) is 4.98 Å². The van der Waals surface area contributed by atoms with E-state index in [-0.39, 0.29) is 11.6 Å². The van der Waals surface area contributed by atoms with E-state index in [9.17, 15) is 9.90 Å². The van der Waals surface area contributed by atoms with Crippen molar-refractivity contribution in [3.05, 3.63) is 89.2 Å². The molecule has 34 heavy (non-hydrogen) atoms. The maximum Gasteiger partial charge on any atom is 0.254 e. The van der Waals surface area contributed by atoms with E-state index >= 15 is 0 Å². The molecule has 0 aliphatic heterocycles. The maximum atomic E-state index is 12.9. The molecule has 174 valence electrons. The van der Waals surface area contributed by atoms with Crippen LogP contribution in [-0.4, -0.2) is 30.5 Å². The number of nitrogens with zero attached hydrogens (tertiary/aromatic N) is 4. The minimum Gasteiger partial charge on any atom is -0.488 e. The lowest BCUT2D eigenvalue weighted by Gasteiger charge is -2.28. The first-order valence-corrected chi connectivity index (χ1v) is 11.6. The second kappa shape index (κ2) is 9.65. The third-order valence-corrected chi connectivity index (χ3v) is 6.44. The van der Waals surface area contributed by atoms with Gasteiger partial charge in [-0.15, -0.1) is 0 Å². The topological polar surface area (TPSA) is 82.2 Å². The van der Waals surface area contributed by atoms with E-state index in [2.05, 4.69) is 22.2 Å². The summed E-state index contributed by atoms with van der Waals surface area (Å²) in [5.74, 6) is 0.668. The molecule has 0 radical (unpaired) electrons. The minimum absolute atomic E-state index is 0.156. The zero-order chi connectivity index (χ0) is 23.5. The summed E-state index contributed by atoms with van der Waals surface area (Å²) in [5, 5.41) is 14.5. The molecular formula is C27H28N4O3. The van der Waals surface area contributed by atoms with E-state index in [0.717, 1.165) is 47.9 Å². The van der Waals surface area contributed by atoms with E-state index < -0.39 is 6.10 Å². The van der Waals surface area contributed by atoms with Crippen molar-refractivity contribution < 1.29 is 9.84 Å². The molecule has 7 nitrogen and oxygen atoms in total. The third-order valence-electron chi connectivity index (χ3n) is 6.44. The summed E-state index contributed by atoms with van der Waals surface area (Å²) in [6.45, 7) is 0.398. The SMILES string of the molecule is Cn1cc(-c2ccc(COc3ccccc3-c3cc(=O)n([C@H]4CCCC[C@@H]4O)cn3)cc2)cn1. The van der Waals surface area contributed by atoms with Crippen molar-refractivity contribution in [1.82, 2.24) is 19.3 Å². The molecule has 0 amide bonds. The van der Waals surface area contributed by atoms with Gasteiger partial charge in [0.05, 0.1) is 30.4 Å². The van der Waals surface area contributed by atoms with Crippen molar-refractivity contribution in [2.24, 2.45) is 7.05 Å². The monoisotopic (exact) mass is 456 g/mol. The van der Waals surface area contributed by atoms with Crippen LogP contribution in [0, 0.1) is 0 Å². The van der Waals surface area contributed by atoms with Crippen LogP contribution in [0.15, 0.2) is 78.1 Å². The van der Waals surface area contributed by atoms with E-state index in [1.165, 1.54) is 6.07 Å². The van der Waals surface area contributed by atoms with Crippen LogP contribution in [0.1, 0.15) is 37.3 Å². The Morgan fingerprint density at radius 1 is 1.06 bits per heavy atom. The second-order valence-electron chi connectivity index (χ2n) is 8.82. The fraction of sp³-hybridized carbons (Fsp3) is 0.296. The molecule has 1 fully saturated rings. The highest BCUT2D eigenvalue weighted by Gasteiger charge is 2.25. The van der Waals surface area contributed by atoms with Crippen LogP contribution in [0.3, 0.4) is 0 Å². The standard InChI is InChI=1S/C27H28N4O3/c1-30-16-21(15-29-30)20-12-10-19(11-13-20)17-34-26-9-5-2-6-22(26)23-14-27(33)31(18-28-23)24-7-3-4-8-25(24)32/h2,5-6,9-16,18,24-25,32H,3-4,7-8,17H2,1H3/t24-,25-/m0/s1. The number of ether oxygens (including phenoxy) is 1. The predicted molar refractivity (Wildman–Crippen MR) is 130 cm³/mol. The molecule has 0 spiro atoms. The van der Waals surface area contributed by atoms with Crippen LogP contribution in [0.2, 0.25) is 0 Å². The fourth-order valence-corrected chi connectivity index (χ4v) is 4.55. The van der Waals surface area contributed by atoms with Gasteiger partial charge in [-0.1, -0.05) is 49.2 Å². The third kappa shape index (κ3) is 4.65. The molecule has 1 aliphatic rings. The predicted octanol–water partition coefficient (Wildman–Crippen LogP) is 4.37. The molecule has 2 aromatic carbocycles. The van der Waals surface area contributed by atoms with Gasteiger partial charge in [-0.3, -0.25) is 14.0 Å². The average molecular weight is 457 g/mol. The molecule has 2 heterocycles. The van der Waals surface area contributed by atoms with Crippen LogP contribution in [-0.2, 0) is 13.7 Å².